The van der Waals surface area contributed by atoms with Crippen LogP contribution in [0.15, 0.2) is 47.2 Å². The van der Waals surface area contributed by atoms with Crippen molar-refractivity contribution in [1.29, 1.82) is 0 Å². The second kappa shape index (κ2) is 10.8. The highest BCUT2D eigenvalue weighted by molar-refractivity contribution is 5.59. The fourth-order valence-corrected chi connectivity index (χ4v) is 4.49. The van der Waals surface area contributed by atoms with E-state index in [1.165, 1.54) is 0 Å². The lowest BCUT2D eigenvalue weighted by molar-refractivity contribution is -0.188. The van der Waals surface area contributed by atoms with Crippen molar-refractivity contribution in [3.8, 4) is 23.2 Å². The zero-order valence-electron chi connectivity index (χ0n) is 20.1. The highest BCUT2D eigenvalue weighted by Crippen LogP contribution is 2.25. The van der Waals surface area contributed by atoms with Gasteiger partial charge in [-0.2, -0.15) is 0 Å². The highest BCUT2D eigenvalue weighted by Gasteiger charge is 2.26. The molecule has 0 saturated carbocycles. The summed E-state index contributed by atoms with van der Waals surface area (Å²) in [6, 6.07) is 9.75. The Morgan fingerprint density at radius 3 is 2.86 bits per heavy atom. The van der Waals surface area contributed by atoms with Gasteiger partial charge in [0.1, 0.15) is 23.2 Å². The van der Waals surface area contributed by atoms with E-state index in [1.807, 2.05) is 48.0 Å². The van der Waals surface area contributed by atoms with Crippen LogP contribution in [0, 0.1) is 11.8 Å². The number of ether oxygens (including phenoxy) is 2. The van der Waals surface area contributed by atoms with E-state index in [4.69, 9.17) is 14.0 Å². The number of nitrogens with zero attached hydrogens (tertiary/aromatic N) is 3. The standard InChI is InChI=1S/C27H32N4O4/c1-20(34-25-4-2-3-17-33-25)26-29-15-16-31(26)19-23-18-24(35-30-23)22-7-5-21(6-8-22)9-10-27(32)11-13-28-14-12-27/h5-8,15-16,18,20,25,28,32H,2-4,11-14,17,19H2,1H3/t20-,25?/m0/s1. The zero-order valence-corrected chi connectivity index (χ0v) is 20.1. The molecule has 2 aliphatic heterocycles. The first-order valence-electron chi connectivity index (χ1n) is 12.4. The van der Waals surface area contributed by atoms with E-state index in [-0.39, 0.29) is 12.4 Å². The summed E-state index contributed by atoms with van der Waals surface area (Å²) in [7, 11) is 0. The minimum absolute atomic E-state index is 0.169. The van der Waals surface area contributed by atoms with Crippen molar-refractivity contribution in [3.05, 3.63) is 59.8 Å². The van der Waals surface area contributed by atoms with Crippen LogP contribution in [0.2, 0.25) is 0 Å². The van der Waals surface area contributed by atoms with E-state index in [0.717, 1.165) is 61.6 Å². The Hall–Kier alpha value is -2.96. The van der Waals surface area contributed by atoms with Crippen LogP contribution in [0.25, 0.3) is 11.3 Å². The topological polar surface area (TPSA) is 94.6 Å². The molecule has 1 aromatic carbocycles. The number of hydrogen-bond donors (Lipinski definition) is 2. The summed E-state index contributed by atoms with van der Waals surface area (Å²) < 4.78 is 19.4. The van der Waals surface area contributed by atoms with Crippen molar-refractivity contribution in [2.24, 2.45) is 0 Å². The zero-order chi connectivity index (χ0) is 24.1. The molecular formula is C27H32N4O4. The summed E-state index contributed by atoms with van der Waals surface area (Å²) in [6.07, 6.45) is 7.78. The van der Waals surface area contributed by atoms with Gasteiger partial charge in [0.2, 0.25) is 0 Å². The van der Waals surface area contributed by atoms with Crippen LogP contribution >= 0.6 is 0 Å². The first kappa shape index (κ1) is 23.8. The largest absolute Gasteiger partial charge is 0.377 e. The Labute approximate surface area is 205 Å². The molecule has 4 heterocycles. The van der Waals surface area contributed by atoms with E-state index in [2.05, 4.69) is 27.3 Å². The quantitative estimate of drug-likeness (QED) is 0.525. The molecule has 5 rings (SSSR count). The average molecular weight is 477 g/mol. The van der Waals surface area contributed by atoms with E-state index in [9.17, 15) is 5.11 Å². The molecule has 2 aliphatic rings. The number of benzene rings is 1. The van der Waals surface area contributed by atoms with Crippen molar-refractivity contribution in [2.45, 2.75) is 63.6 Å². The van der Waals surface area contributed by atoms with Gasteiger partial charge < -0.3 is 29.0 Å². The van der Waals surface area contributed by atoms with Gasteiger partial charge in [0.05, 0.1) is 6.54 Å². The smallest absolute Gasteiger partial charge is 0.167 e. The van der Waals surface area contributed by atoms with Crippen molar-refractivity contribution in [2.75, 3.05) is 19.7 Å². The van der Waals surface area contributed by atoms with Gasteiger partial charge in [-0.3, -0.25) is 0 Å². The summed E-state index contributed by atoms with van der Waals surface area (Å²) in [4.78, 5) is 4.50. The monoisotopic (exact) mass is 476 g/mol. The number of rotatable bonds is 6. The van der Waals surface area contributed by atoms with Crippen LogP contribution in [-0.4, -0.2) is 51.4 Å². The second-order valence-electron chi connectivity index (χ2n) is 9.28. The third-order valence-corrected chi connectivity index (χ3v) is 6.54. The fraction of sp³-hybridized carbons (Fsp3) is 0.481. The van der Waals surface area contributed by atoms with E-state index >= 15 is 0 Å². The molecule has 2 fully saturated rings. The SMILES string of the molecule is C[C@H](OC1CCCCO1)c1nccn1Cc1cc(-c2ccc(C#CC3(O)CCNCC3)cc2)on1. The van der Waals surface area contributed by atoms with Gasteiger partial charge in [-0.15, -0.1) is 0 Å². The van der Waals surface area contributed by atoms with Crippen molar-refractivity contribution < 1.29 is 19.1 Å². The molecule has 184 valence electrons. The van der Waals surface area contributed by atoms with Crippen LogP contribution in [0.3, 0.4) is 0 Å². The first-order chi connectivity index (χ1) is 17.1. The molecule has 0 aliphatic carbocycles. The molecule has 8 nitrogen and oxygen atoms in total. The van der Waals surface area contributed by atoms with Crippen molar-refractivity contribution in [1.82, 2.24) is 20.0 Å². The maximum Gasteiger partial charge on any atom is 0.167 e. The Morgan fingerprint density at radius 2 is 2.09 bits per heavy atom. The summed E-state index contributed by atoms with van der Waals surface area (Å²) in [5, 5.41) is 18.1. The predicted octanol–water partition coefficient (Wildman–Crippen LogP) is 3.66. The van der Waals surface area contributed by atoms with Gasteiger partial charge in [0.25, 0.3) is 0 Å². The van der Waals surface area contributed by atoms with Gasteiger partial charge in [-0.05, 0) is 76.4 Å². The third kappa shape index (κ3) is 6.00. The minimum Gasteiger partial charge on any atom is -0.377 e. The molecule has 0 radical (unpaired) electrons. The lowest BCUT2D eigenvalue weighted by Crippen LogP contribution is -2.40. The summed E-state index contributed by atoms with van der Waals surface area (Å²) in [6.45, 7) is 4.87. The maximum absolute atomic E-state index is 10.6. The Kier molecular flexibility index (Phi) is 7.30. The van der Waals surface area contributed by atoms with Gasteiger partial charge in [-0.25, -0.2) is 4.98 Å². The molecule has 35 heavy (non-hydrogen) atoms. The number of hydrogen-bond acceptors (Lipinski definition) is 7. The van der Waals surface area contributed by atoms with Crippen LogP contribution in [0.1, 0.15) is 62.2 Å². The molecule has 3 aromatic rings. The number of aromatic nitrogens is 3. The fourth-order valence-electron chi connectivity index (χ4n) is 4.49. The number of nitrogens with one attached hydrogen (secondary N) is 1. The molecule has 2 N–H and O–H groups in total. The molecule has 1 unspecified atom stereocenters. The van der Waals surface area contributed by atoms with E-state index < -0.39 is 5.60 Å². The van der Waals surface area contributed by atoms with Crippen LogP contribution < -0.4 is 5.32 Å². The van der Waals surface area contributed by atoms with Gasteiger partial charge >= 0.3 is 0 Å². The number of piperidine rings is 1. The molecule has 2 aromatic heterocycles. The Bertz CT molecular complexity index is 1160. The molecule has 2 atom stereocenters. The van der Waals surface area contributed by atoms with Crippen LogP contribution in [0.5, 0.6) is 0 Å². The van der Waals surface area contributed by atoms with Crippen LogP contribution in [-0.2, 0) is 16.0 Å². The van der Waals surface area contributed by atoms with Gasteiger partial charge in [-0.1, -0.05) is 17.0 Å². The second-order valence-corrected chi connectivity index (χ2v) is 9.28. The third-order valence-electron chi connectivity index (χ3n) is 6.54. The lowest BCUT2D eigenvalue weighted by Gasteiger charge is -2.27. The van der Waals surface area contributed by atoms with Crippen molar-refractivity contribution in [3.63, 3.8) is 0 Å². The summed E-state index contributed by atoms with van der Waals surface area (Å²) in [5.74, 6) is 7.68. The van der Waals surface area contributed by atoms with E-state index in [1.54, 1.807) is 6.20 Å². The Balaban J connectivity index is 1.22. The molecule has 8 heteroatoms. The van der Waals surface area contributed by atoms with Gasteiger partial charge in [0, 0.05) is 36.2 Å². The first-order valence-corrected chi connectivity index (χ1v) is 12.4. The number of aliphatic hydroxyl groups is 1. The molecule has 0 bridgehead atoms. The maximum atomic E-state index is 10.6. The van der Waals surface area contributed by atoms with Crippen LogP contribution in [0.4, 0.5) is 0 Å². The lowest BCUT2D eigenvalue weighted by atomic mass is 9.93. The average Bonchev–Trinajstić information content (AvgIpc) is 3.54. The summed E-state index contributed by atoms with van der Waals surface area (Å²) >= 11 is 0. The van der Waals surface area contributed by atoms with Crippen molar-refractivity contribution >= 4 is 0 Å². The molecule has 2 saturated heterocycles. The molecule has 0 amide bonds. The Morgan fingerprint density at radius 1 is 1.26 bits per heavy atom. The minimum atomic E-state index is -0.901. The summed E-state index contributed by atoms with van der Waals surface area (Å²) in [5.41, 5.74) is 1.69. The predicted molar refractivity (Wildman–Crippen MR) is 130 cm³/mol. The number of imidazole rings is 1. The highest BCUT2D eigenvalue weighted by atomic mass is 16.7. The van der Waals surface area contributed by atoms with E-state index in [0.29, 0.717) is 25.1 Å². The molecular weight excluding hydrogens is 444 g/mol. The normalized spacial score (nSPS) is 20.7. The molecule has 0 spiro atoms. The van der Waals surface area contributed by atoms with Gasteiger partial charge in [0.15, 0.2) is 12.1 Å².